The lowest BCUT2D eigenvalue weighted by Gasteiger charge is -2.34. The highest BCUT2D eigenvalue weighted by molar-refractivity contribution is 7.09. The first-order valence-electron chi connectivity index (χ1n) is 12.5. The lowest BCUT2D eigenvalue weighted by Crippen LogP contribution is -2.44. The van der Waals surface area contributed by atoms with E-state index in [9.17, 15) is 20.0 Å². The van der Waals surface area contributed by atoms with Gasteiger partial charge in [-0.15, -0.1) is 11.3 Å². The zero-order valence-corrected chi connectivity index (χ0v) is 23.0. The summed E-state index contributed by atoms with van der Waals surface area (Å²) in [4.78, 5) is 31.0. The molecule has 0 saturated heterocycles. The fourth-order valence-electron chi connectivity index (χ4n) is 4.74. The molecule has 0 bridgehead atoms. The second-order valence-corrected chi connectivity index (χ2v) is 11.8. The molecule has 1 aliphatic heterocycles. The van der Waals surface area contributed by atoms with Crippen molar-refractivity contribution >= 4 is 29.1 Å². The van der Waals surface area contributed by atoms with Gasteiger partial charge in [0.25, 0.3) is 0 Å². The van der Waals surface area contributed by atoms with Crippen LogP contribution in [0.4, 0.5) is 0 Å². The Balaban J connectivity index is 2.38. The first-order valence-corrected chi connectivity index (χ1v) is 13.4. The topological polar surface area (TPSA) is 103 Å². The van der Waals surface area contributed by atoms with E-state index >= 15 is 0 Å². The summed E-state index contributed by atoms with van der Waals surface area (Å²) < 4.78 is 0. The number of aliphatic hydroxyl groups is 1. The van der Waals surface area contributed by atoms with Gasteiger partial charge in [0.1, 0.15) is 5.78 Å². The van der Waals surface area contributed by atoms with Crippen LogP contribution in [0.15, 0.2) is 22.6 Å². The molecule has 192 valence electrons. The van der Waals surface area contributed by atoms with Gasteiger partial charge in [-0.2, -0.15) is 5.26 Å². The van der Waals surface area contributed by atoms with Crippen molar-refractivity contribution in [3.63, 3.8) is 0 Å². The summed E-state index contributed by atoms with van der Waals surface area (Å²) >= 11 is 1.58. The molecule has 0 aromatic carbocycles. The Morgan fingerprint density at radius 2 is 2.00 bits per heavy atom. The highest BCUT2D eigenvalue weighted by Crippen LogP contribution is 2.35. The monoisotopic (exact) mass is 499 g/mol. The third-order valence-corrected chi connectivity index (χ3v) is 8.18. The number of allylic oxidation sites excluding steroid dienone is 1. The van der Waals surface area contributed by atoms with Crippen LogP contribution >= 0.6 is 11.3 Å². The zero-order valence-electron chi connectivity index (χ0n) is 22.2. The Kier molecular flexibility index (Phi) is 10.4. The zero-order chi connectivity index (χ0) is 26.3. The molecule has 1 unspecified atom stereocenters. The predicted molar refractivity (Wildman–Crippen MR) is 142 cm³/mol. The Morgan fingerprint density at radius 3 is 2.60 bits per heavy atom. The summed E-state index contributed by atoms with van der Waals surface area (Å²) in [6, 6.07) is 1.97. The van der Waals surface area contributed by atoms with Gasteiger partial charge < -0.3 is 10.4 Å². The minimum absolute atomic E-state index is 0.0335. The van der Waals surface area contributed by atoms with E-state index in [0.29, 0.717) is 6.42 Å². The standard InChI is InChI=1S/C28H41N3O3S/c1-17-9-8-10-18(2)26(33)20(4)27(34)28(6,7)22(15-29)14-25(32)31-24(12-11-17)19(3)13-23-16-35-21(5)30-23/h11,13,16,18,20,22,24,26,33H,8-10,12,14H2,1-7H3,(H,31,32)/b17-11-,19-13+/t18-,20+,22?,24-,26-/m0/s1. The number of nitrogens with zero attached hydrogens (tertiary/aromatic N) is 2. The number of carbonyl (C=O) groups excluding carboxylic acids is 2. The molecule has 0 spiro atoms. The SMILES string of the molecule is C/C1=C/C[C@@H](/C(C)=C/c2csc(C)n2)NC(=O)CC(C#N)C(C)(C)C(=O)[C@H](C)[C@@H](O)[C@@H](C)CCC1. The largest absolute Gasteiger partial charge is 0.392 e. The van der Waals surface area contributed by atoms with Crippen LogP contribution in [0.25, 0.3) is 6.08 Å². The molecule has 1 aliphatic rings. The third kappa shape index (κ3) is 7.85. The maximum absolute atomic E-state index is 13.4. The lowest BCUT2D eigenvalue weighted by molar-refractivity contribution is -0.138. The highest BCUT2D eigenvalue weighted by Gasteiger charge is 2.42. The molecule has 35 heavy (non-hydrogen) atoms. The highest BCUT2D eigenvalue weighted by atomic mass is 32.1. The van der Waals surface area contributed by atoms with Gasteiger partial charge in [-0.3, -0.25) is 9.59 Å². The van der Waals surface area contributed by atoms with Gasteiger partial charge >= 0.3 is 0 Å². The van der Waals surface area contributed by atoms with E-state index < -0.39 is 23.4 Å². The predicted octanol–water partition coefficient (Wildman–Crippen LogP) is 5.62. The first kappa shape index (κ1) is 28.9. The van der Waals surface area contributed by atoms with Gasteiger partial charge in [0.05, 0.1) is 34.8 Å². The number of hydrogen-bond acceptors (Lipinski definition) is 6. The fraction of sp³-hybridized carbons (Fsp3) is 0.643. The van der Waals surface area contributed by atoms with Crippen LogP contribution in [0.3, 0.4) is 0 Å². The molecule has 5 atom stereocenters. The minimum Gasteiger partial charge on any atom is -0.392 e. The summed E-state index contributed by atoms with van der Waals surface area (Å²) in [5.41, 5.74) is 2.03. The molecule has 2 rings (SSSR count). The number of ketones is 1. The average Bonchev–Trinajstić information content (AvgIpc) is 3.21. The molecule has 0 radical (unpaired) electrons. The quantitative estimate of drug-likeness (QED) is 0.514. The third-order valence-electron chi connectivity index (χ3n) is 7.39. The summed E-state index contributed by atoms with van der Waals surface area (Å²) in [6.45, 7) is 13.2. The van der Waals surface area contributed by atoms with Crippen molar-refractivity contribution < 1.29 is 14.7 Å². The summed E-state index contributed by atoms with van der Waals surface area (Å²) in [5.74, 6) is -1.87. The Bertz CT molecular complexity index is 1000. The van der Waals surface area contributed by atoms with Crippen LogP contribution in [-0.4, -0.2) is 33.9 Å². The molecule has 0 fully saturated rings. The minimum atomic E-state index is -1.06. The molecule has 1 aromatic heterocycles. The number of nitriles is 1. The number of nitrogens with one attached hydrogen (secondary N) is 1. The maximum Gasteiger partial charge on any atom is 0.221 e. The lowest BCUT2D eigenvalue weighted by atomic mass is 9.69. The van der Waals surface area contributed by atoms with Gasteiger partial charge in [-0.05, 0) is 64.0 Å². The van der Waals surface area contributed by atoms with Crippen molar-refractivity contribution in [2.75, 3.05) is 0 Å². The number of aromatic nitrogens is 1. The number of Topliss-reactive ketones (excluding diaryl/α,β-unsaturated/α-hetero) is 1. The number of thiazole rings is 1. The van der Waals surface area contributed by atoms with Crippen LogP contribution in [0.2, 0.25) is 0 Å². The fourth-order valence-corrected chi connectivity index (χ4v) is 5.31. The number of amides is 1. The van der Waals surface area contributed by atoms with Crippen molar-refractivity contribution in [3.05, 3.63) is 33.3 Å². The summed E-state index contributed by atoms with van der Waals surface area (Å²) in [7, 11) is 0. The molecular weight excluding hydrogens is 458 g/mol. The second kappa shape index (κ2) is 12.6. The van der Waals surface area contributed by atoms with Crippen LogP contribution < -0.4 is 5.32 Å². The van der Waals surface area contributed by atoms with Crippen LogP contribution in [0, 0.1) is 41.4 Å². The molecule has 1 amide bonds. The number of carbonyl (C=O) groups is 2. The molecule has 2 heterocycles. The molecule has 0 saturated carbocycles. The Labute approximate surface area is 214 Å². The van der Waals surface area contributed by atoms with Crippen molar-refractivity contribution in [2.24, 2.45) is 23.2 Å². The van der Waals surface area contributed by atoms with Crippen LogP contribution in [-0.2, 0) is 9.59 Å². The van der Waals surface area contributed by atoms with E-state index in [1.807, 2.05) is 32.2 Å². The number of hydrogen-bond donors (Lipinski definition) is 2. The van der Waals surface area contributed by atoms with Crippen molar-refractivity contribution in [3.8, 4) is 6.07 Å². The molecule has 1 aromatic rings. The smallest absolute Gasteiger partial charge is 0.221 e. The van der Waals surface area contributed by atoms with Crippen molar-refractivity contribution in [1.29, 1.82) is 5.26 Å². The summed E-state index contributed by atoms with van der Waals surface area (Å²) in [6.07, 6.45) is 6.57. The van der Waals surface area contributed by atoms with E-state index in [4.69, 9.17) is 0 Å². The van der Waals surface area contributed by atoms with E-state index in [-0.39, 0.29) is 30.1 Å². The van der Waals surface area contributed by atoms with E-state index in [0.717, 1.165) is 35.5 Å². The molecule has 2 N–H and O–H groups in total. The van der Waals surface area contributed by atoms with E-state index in [1.54, 1.807) is 32.1 Å². The van der Waals surface area contributed by atoms with E-state index in [2.05, 4.69) is 29.4 Å². The van der Waals surface area contributed by atoms with Gasteiger partial charge in [0, 0.05) is 23.1 Å². The van der Waals surface area contributed by atoms with Gasteiger partial charge in [0.2, 0.25) is 5.91 Å². The van der Waals surface area contributed by atoms with Gasteiger partial charge in [-0.25, -0.2) is 4.98 Å². The molecule has 6 nitrogen and oxygen atoms in total. The molecular formula is C28H41N3O3S. The molecule has 7 heteroatoms. The second-order valence-electron chi connectivity index (χ2n) is 10.7. The number of aliphatic hydroxyl groups excluding tert-OH is 1. The van der Waals surface area contributed by atoms with Gasteiger partial charge in [-0.1, -0.05) is 39.3 Å². The number of rotatable bonds is 2. The average molecular weight is 500 g/mol. The first-order chi connectivity index (χ1) is 16.4. The number of aryl methyl sites for hydroxylation is 1. The van der Waals surface area contributed by atoms with Crippen molar-refractivity contribution in [2.45, 2.75) is 92.7 Å². The van der Waals surface area contributed by atoms with Gasteiger partial charge in [0.15, 0.2) is 0 Å². The van der Waals surface area contributed by atoms with Crippen LogP contribution in [0.5, 0.6) is 0 Å². The maximum atomic E-state index is 13.4. The summed E-state index contributed by atoms with van der Waals surface area (Å²) in [5, 5.41) is 26.8. The van der Waals surface area contributed by atoms with Crippen LogP contribution in [0.1, 0.15) is 84.3 Å². The van der Waals surface area contributed by atoms with E-state index in [1.165, 1.54) is 5.57 Å². The molecule has 0 aliphatic carbocycles. The Hall–Kier alpha value is -2.30. The Morgan fingerprint density at radius 1 is 1.31 bits per heavy atom. The normalized spacial score (nSPS) is 31.2. The van der Waals surface area contributed by atoms with Crippen molar-refractivity contribution in [1.82, 2.24) is 10.3 Å².